The molecule has 0 spiro atoms. The maximum absolute atomic E-state index is 11.1. The zero-order valence-electron chi connectivity index (χ0n) is 10.1. The van der Waals surface area contributed by atoms with Gasteiger partial charge in [-0.1, -0.05) is 36.5 Å². The van der Waals surface area contributed by atoms with E-state index in [4.69, 9.17) is 0 Å². The van der Waals surface area contributed by atoms with Crippen LogP contribution in [0.15, 0.2) is 81.9 Å². The molecule has 0 radical (unpaired) electrons. The van der Waals surface area contributed by atoms with Crippen molar-refractivity contribution in [2.75, 3.05) is 0 Å². The predicted molar refractivity (Wildman–Crippen MR) is 85.7 cm³/mol. The van der Waals surface area contributed by atoms with E-state index in [-0.39, 0.29) is 5.12 Å². The predicted octanol–water partition coefficient (Wildman–Crippen LogP) is 5.29. The third kappa shape index (κ3) is 4.82. The molecule has 0 N–H and O–H groups in total. The van der Waals surface area contributed by atoms with Crippen molar-refractivity contribution < 1.29 is 4.79 Å². The summed E-state index contributed by atoms with van der Waals surface area (Å²) >= 11 is 1.73. The van der Waals surface area contributed by atoms with Crippen LogP contribution >= 0.6 is 33.3 Å². The van der Waals surface area contributed by atoms with Crippen LogP contribution in [0.3, 0.4) is 0 Å². The zero-order chi connectivity index (χ0) is 13.5. The van der Waals surface area contributed by atoms with Crippen molar-refractivity contribution in [3.05, 3.63) is 67.3 Å². The fourth-order valence-corrected chi connectivity index (χ4v) is 3.71. The van der Waals surface area contributed by atoms with E-state index in [2.05, 4.69) is 30.8 Å². The van der Waals surface area contributed by atoms with Gasteiger partial charge in [0.1, 0.15) is 0 Å². The molecule has 0 amide bonds. The number of carbonyl (C=O) groups excluding carboxylic acids is 1. The molecule has 0 aliphatic rings. The summed E-state index contributed by atoms with van der Waals surface area (Å²) < 4.78 is 0. The van der Waals surface area contributed by atoms with Crippen molar-refractivity contribution >= 4 is 38.5 Å². The molecule has 4 heteroatoms. The largest absolute Gasteiger partial charge is 0.281 e. The molecule has 19 heavy (non-hydrogen) atoms. The molecule has 0 heterocycles. The van der Waals surface area contributed by atoms with Gasteiger partial charge in [0, 0.05) is 14.7 Å². The number of hydrogen-bond donors (Lipinski definition) is 0. The first-order chi connectivity index (χ1) is 9.28. The van der Waals surface area contributed by atoms with Gasteiger partial charge in [0.15, 0.2) is 0 Å². The first-order valence-electron chi connectivity index (χ1n) is 5.62. The van der Waals surface area contributed by atoms with E-state index >= 15 is 0 Å². The normalized spacial score (nSPS) is 10.1. The molecule has 0 bridgehead atoms. The molecule has 96 valence electrons. The second-order valence-electron chi connectivity index (χ2n) is 3.58. The van der Waals surface area contributed by atoms with E-state index < -0.39 is 0 Å². The van der Waals surface area contributed by atoms with Gasteiger partial charge in [-0.2, -0.15) is 0 Å². The van der Waals surface area contributed by atoms with Crippen LogP contribution in [0.4, 0.5) is 0 Å². The summed E-state index contributed by atoms with van der Waals surface area (Å²) in [4.78, 5) is 14.6. The Morgan fingerprint density at radius 3 is 2.11 bits per heavy atom. The molecule has 0 saturated heterocycles. The molecule has 0 aromatic heterocycles. The fraction of sp³-hybridized carbons (Fsp3) is 0. The molecule has 0 aliphatic heterocycles. The Kier molecular flexibility index (Phi) is 5.63. The van der Waals surface area contributed by atoms with E-state index in [1.54, 1.807) is 11.8 Å². The Morgan fingerprint density at radius 2 is 1.47 bits per heavy atom. The lowest BCUT2D eigenvalue weighted by molar-refractivity contribution is -0.106. The summed E-state index contributed by atoms with van der Waals surface area (Å²) in [5, 5.41) is -0.0206. The first kappa shape index (κ1) is 14.3. The maximum Gasteiger partial charge on any atom is 0.222 e. The van der Waals surface area contributed by atoms with Gasteiger partial charge in [-0.15, -0.1) is 0 Å². The molecule has 0 aliphatic carbocycles. The summed E-state index contributed by atoms with van der Waals surface area (Å²) in [6.45, 7) is 3.45. The minimum atomic E-state index is -0.0206. The first-order valence-corrected chi connectivity index (χ1v) is 8.58. The lowest BCUT2D eigenvalue weighted by atomic mass is 10.4. The molecule has 1 nitrogen and oxygen atoms in total. The van der Waals surface area contributed by atoms with Crippen LogP contribution in [0.5, 0.6) is 0 Å². The average molecular weight is 304 g/mol. The SMILES string of the molecule is C=CC(=O)SSc1ccc(Sc2ccccc2)cc1. The molecular weight excluding hydrogens is 292 g/mol. The van der Waals surface area contributed by atoms with Crippen LogP contribution in [0, 0.1) is 0 Å². The zero-order valence-corrected chi connectivity index (χ0v) is 12.6. The van der Waals surface area contributed by atoms with Crippen LogP contribution in [0.25, 0.3) is 0 Å². The fourth-order valence-electron chi connectivity index (χ4n) is 1.31. The smallest absolute Gasteiger partial charge is 0.222 e. The van der Waals surface area contributed by atoms with Crippen LogP contribution < -0.4 is 0 Å². The minimum absolute atomic E-state index is 0.0206. The summed E-state index contributed by atoms with van der Waals surface area (Å²) in [7, 11) is 2.65. The highest BCUT2D eigenvalue weighted by molar-refractivity contribution is 8.82. The number of hydrogen-bond acceptors (Lipinski definition) is 4. The van der Waals surface area contributed by atoms with E-state index in [9.17, 15) is 4.79 Å². The summed E-state index contributed by atoms with van der Waals surface area (Å²) in [5.74, 6) is 0. The quantitative estimate of drug-likeness (QED) is 0.551. The third-order valence-electron chi connectivity index (χ3n) is 2.19. The maximum atomic E-state index is 11.1. The monoisotopic (exact) mass is 304 g/mol. The van der Waals surface area contributed by atoms with Gasteiger partial charge in [-0.25, -0.2) is 0 Å². The Balaban J connectivity index is 1.95. The van der Waals surface area contributed by atoms with Gasteiger partial charge in [-0.3, -0.25) is 4.79 Å². The van der Waals surface area contributed by atoms with Crippen molar-refractivity contribution in [3.8, 4) is 0 Å². The van der Waals surface area contributed by atoms with Gasteiger partial charge in [0.25, 0.3) is 0 Å². The lowest BCUT2D eigenvalue weighted by Crippen LogP contribution is -1.78. The Labute approximate surface area is 125 Å². The lowest BCUT2D eigenvalue weighted by Gasteiger charge is -2.03. The van der Waals surface area contributed by atoms with Gasteiger partial charge >= 0.3 is 0 Å². The third-order valence-corrected chi connectivity index (χ3v) is 5.40. The summed E-state index contributed by atoms with van der Waals surface area (Å²) in [6, 6.07) is 18.4. The molecule has 0 atom stereocenters. The van der Waals surface area contributed by atoms with Crippen LogP contribution in [-0.2, 0) is 4.79 Å². The molecule has 0 saturated carbocycles. The van der Waals surface area contributed by atoms with Crippen LogP contribution in [0.1, 0.15) is 0 Å². The summed E-state index contributed by atoms with van der Waals surface area (Å²) in [6.07, 6.45) is 1.33. The number of carbonyl (C=O) groups is 1. The standard InChI is InChI=1S/C15H12OS3/c1-2-15(16)19-18-14-10-8-13(9-11-14)17-12-6-4-3-5-7-12/h2-11H,1H2. The molecular formula is C15H12OS3. The number of rotatable bonds is 5. The van der Waals surface area contributed by atoms with Gasteiger partial charge in [0.05, 0.1) is 0 Å². The average Bonchev–Trinajstić information content (AvgIpc) is 2.47. The summed E-state index contributed by atoms with van der Waals surface area (Å²) in [5.41, 5.74) is 0. The van der Waals surface area contributed by atoms with Crippen molar-refractivity contribution in [1.82, 2.24) is 0 Å². The van der Waals surface area contributed by atoms with Crippen molar-refractivity contribution in [2.45, 2.75) is 14.7 Å². The highest BCUT2D eigenvalue weighted by Crippen LogP contribution is 2.34. The molecule has 2 rings (SSSR count). The molecule has 2 aromatic rings. The second kappa shape index (κ2) is 7.48. The van der Waals surface area contributed by atoms with Gasteiger partial charge in [0.2, 0.25) is 5.12 Å². The van der Waals surface area contributed by atoms with E-state index in [1.165, 1.54) is 37.5 Å². The molecule has 2 aromatic carbocycles. The van der Waals surface area contributed by atoms with Gasteiger partial charge in [-0.05, 0) is 64.1 Å². The molecule has 0 fully saturated rings. The topological polar surface area (TPSA) is 17.1 Å². The van der Waals surface area contributed by atoms with Crippen molar-refractivity contribution in [3.63, 3.8) is 0 Å². The minimum Gasteiger partial charge on any atom is -0.281 e. The highest BCUT2D eigenvalue weighted by atomic mass is 33.1. The molecule has 0 unspecified atom stereocenters. The Morgan fingerprint density at radius 1 is 0.895 bits per heavy atom. The van der Waals surface area contributed by atoms with E-state index in [0.717, 1.165) is 4.90 Å². The van der Waals surface area contributed by atoms with Crippen molar-refractivity contribution in [1.29, 1.82) is 0 Å². The highest BCUT2D eigenvalue weighted by Gasteiger charge is 2.01. The Hall–Kier alpha value is -1.10. The van der Waals surface area contributed by atoms with E-state index in [0.29, 0.717) is 0 Å². The van der Waals surface area contributed by atoms with Crippen molar-refractivity contribution in [2.24, 2.45) is 0 Å². The van der Waals surface area contributed by atoms with Crippen LogP contribution in [-0.4, -0.2) is 5.12 Å². The van der Waals surface area contributed by atoms with E-state index in [1.807, 2.05) is 30.3 Å². The number of benzene rings is 2. The Bertz CT molecular complexity index is 549. The van der Waals surface area contributed by atoms with Crippen LogP contribution in [0.2, 0.25) is 0 Å². The van der Waals surface area contributed by atoms with Gasteiger partial charge < -0.3 is 0 Å². The second-order valence-corrected chi connectivity index (χ2v) is 6.93.